The van der Waals surface area contributed by atoms with Crippen molar-refractivity contribution in [2.24, 2.45) is 0 Å². The summed E-state index contributed by atoms with van der Waals surface area (Å²) in [6, 6.07) is 13.9. The summed E-state index contributed by atoms with van der Waals surface area (Å²) in [6.45, 7) is 2.89. The van der Waals surface area contributed by atoms with Gasteiger partial charge >= 0.3 is 0 Å². The minimum absolute atomic E-state index is 0.0919. The predicted octanol–water partition coefficient (Wildman–Crippen LogP) is 4.64. The monoisotopic (exact) mass is 289 g/mol. The molecule has 0 amide bonds. The van der Waals surface area contributed by atoms with Crippen LogP contribution in [-0.2, 0) is 6.42 Å². The number of halogens is 2. The molecule has 0 fully saturated rings. The lowest BCUT2D eigenvalue weighted by molar-refractivity contribution is 0.469. The molecule has 1 nitrogen and oxygen atoms in total. The SMILES string of the molecule is CCCNC(CCc1ccccc1)c1ccc(F)cc1F. The lowest BCUT2D eigenvalue weighted by atomic mass is 9.98. The van der Waals surface area contributed by atoms with Gasteiger partial charge in [-0.05, 0) is 37.4 Å². The van der Waals surface area contributed by atoms with Crippen LogP contribution in [0.3, 0.4) is 0 Å². The van der Waals surface area contributed by atoms with Crippen LogP contribution in [0.1, 0.15) is 36.9 Å². The molecule has 0 heterocycles. The highest BCUT2D eigenvalue weighted by atomic mass is 19.1. The van der Waals surface area contributed by atoms with Crippen molar-refractivity contribution in [1.82, 2.24) is 5.32 Å². The molecule has 0 aliphatic heterocycles. The number of aryl methyl sites for hydroxylation is 1. The Balaban J connectivity index is 2.10. The molecule has 0 spiro atoms. The molecule has 2 rings (SSSR count). The Morgan fingerprint density at radius 2 is 1.81 bits per heavy atom. The minimum atomic E-state index is -0.534. The molecule has 0 aliphatic rings. The summed E-state index contributed by atoms with van der Waals surface area (Å²) in [7, 11) is 0. The first-order chi connectivity index (χ1) is 10.2. The third-order valence-electron chi connectivity index (χ3n) is 3.54. The second kappa shape index (κ2) is 7.89. The van der Waals surface area contributed by atoms with Crippen molar-refractivity contribution in [3.63, 3.8) is 0 Å². The van der Waals surface area contributed by atoms with E-state index in [0.717, 1.165) is 31.9 Å². The summed E-state index contributed by atoms with van der Waals surface area (Å²) in [4.78, 5) is 0. The fourth-order valence-corrected chi connectivity index (χ4v) is 2.43. The van der Waals surface area contributed by atoms with Gasteiger partial charge in [-0.2, -0.15) is 0 Å². The van der Waals surface area contributed by atoms with E-state index in [1.54, 1.807) is 6.07 Å². The van der Waals surface area contributed by atoms with Gasteiger partial charge in [0.2, 0.25) is 0 Å². The van der Waals surface area contributed by atoms with E-state index in [2.05, 4.69) is 24.4 Å². The van der Waals surface area contributed by atoms with Crippen LogP contribution in [-0.4, -0.2) is 6.54 Å². The highest BCUT2D eigenvalue weighted by molar-refractivity contribution is 5.23. The maximum absolute atomic E-state index is 14.0. The van der Waals surface area contributed by atoms with E-state index in [1.807, 2.05) is 18.2 Å². The summed E-state index contributed by atoms with van der Waals surface area (Å²) >= 11 is 0. The van der Waals surface area contributed by atoms with Crippen LogP contribution < -0.4 is 5.32 Å². The number of benzene rings is 2. The molecule has 3 heteroatoms. The molecule has 2 aromatic rings. The third kappa shape index (κ3) is 4.64. The van der Waals surface area contributed by atoms with Gasteiger partial charge in [-0.15, -0.1) is 0 Å². The van der Waals surface area contributed by atoms with E-state index in [1.165, 1.54) is 11.6 Å². The maximum atomic E-state index is 14.0. The Morgan fingerprint density at radius 1 is 1.05 bits per heavy atom. The second-order valence-electron chi connectivity index (χ2n) is 5.20. The summed E-state index contributed by atoms with van der Waals surface area (Å²) in [6.07, 6.45) is 2.62. The first kappa shape index (κ1) is 15.6. The van der Waals surface area contributed by atoms with Crippen molar-refractivity contribution in [3.05, 3.63) is 71.3 Å². The maximum Gasteiger partial charge on any atom is 0.130 e. The zero-order valence-corrected chi connectivity index (χ0v) is 12.3. The highest BCUT2D eigenvalue weighted by Gasteiger charge is 2.15. The smallest absolute Gasteiger partial charge is 0.130 e. The van der Waals surface area contributed by atoms with Crippen molar-refractivity contribution in [2.45, 2.75) is 32.2 Å². The fraction of sp³-hybridized carbons (Fsp3) is 0.333. The summed E-state index contributed by atoms with van der Waals surface area (Å²) in [5.74, 6) is -1.01. The Morgan fingerprint density at radius 3 is 2.48 bits per heavy atom. The van der Waals surface area contributed by atoms with Gasteiger partial charge in [0.1, 0.15) is 11.6 Å². The van der Waals surface area contributed by atoms with Crippen molar-refractivity contribution in [1.29, 1.82) is 0 Å². The molecule has 0 saturated carbocycles. The zero-order chi connectivity index (χ0) is 15.1. The van der Waals surface area contributed by atoms with Crippen molar-refractivity contribution < 1.29 is 8.78 Å². The molecule has 1 atom stereocenters. The average Bonchev–Trinajstić information content (AvgIpc) is 2.49. The van der Waals surface area contributed by atoms with Crippen LogP contribution in [0.25, 0.3) is 0 Å². The minimum Gasteiger partial charge on any atom is -0.310 e. The van der Waals surface area contributed by atoms with Gasteiger partial charge in [-0.25, -0.2) is 8.78 Å². The van der Waals surface area contributed by atoms with Crippen LogP contribution in [0.4, 0.5) is 8.78 Å². The Hall–Kier alpha value is -1.74. The molecule has 0 aromatic heterocycles. The van der Waals surface area contributed by atoms with E-state index >= 15 is 0 Å². The quantitative estimate of drug-likeness (QED) is 0.783. The second-order valence-corrected chi connectivity index (χ2v) is 5.20. The molecule has 1 unspecified atom stereocenters. The summed E-state index contributed by atoms with van der Waals surface area (Å²) < 4.78 is 27.0. The van der Waals surface area contributed by atoms with Crippen LogP contribution in [0.5, 0.6) is 0 Å². The van der Waals surface area contributed by atoms with Gasteiger partial charge in [-0.1, -0.05) is 43.3 Å². The lowest BCUT2D eigenvalue weighted by Gasteiger charge is -2.19. The van der Waals surface area contributed by atoms with Crippen molar-refractivity contribution >= 4 is 0 Å². The number of hydrogen-bond acceptors (Lipinski definition) is 1. The van der Waals surface area contributed by atoms with Gasteiger partial charge in [0, 0.05) is 17.7 Å². The van der Waals surface area contributed by atoms with Crippen LogP contribution in [0, 0.1) is 11.6 Å². The van der Waals surface area contributed by atoms with Crippen LogP contribution >= 0.6 is 0 Å². The largest absolute Gasteiger partial charge is 0.310 e. The molecular formula is C18H21F2N. The molecule has 0 aliphatic carbocycles. The van der Waals surface area contributed by atoms with Gasteiger partial charge in [0.15, 0.2) is 0 Å². The summed E-state index contributed by atoms with van der Waals surface area (Å²) in [5, 5.41) is 3.35. The lowest BCUT2D eigenvalue weighted by Crippen LogP contribution is -2.23. The van der Waals surface area contributed by atoms with Gasteiger partial charge in [0.05, 0.1) is 0 Å². The van der Waals surface area contributed by atoms with Gasteiger partial charge in [-0.3, -0.25) is 0 Å². The molecular weight excluding hydrogens is 268 g/mol. The van der Waals surface area contributed by atoms with Crippen molar-refractivity contribution in [2.75, 3.05) is 6.54 Å². The van der Waals surface area contributed by atoms with E-state index in [0.29, 0.717) is 5.56 Å². The van der Waals surface area contributed by atoms with Crippen LogP contribution in [0.15, 0.2) is 48.5 Å². The normalized spacial score (nSPS) is 12.3. The van der Waals surface area contributed by atoms with E-state index in [-0.39, 0.29) is 6.04 Å². The average molecular weight is 289 g/mol. The standard InChI is InChI=1S/C18H21F2N/c1-2-12-21-18(11-8-14-6-4-3-5-7-14)16-10-9-15(19)13-17(16)20/h3-7,9-10,13,18,21H,2,8,11-12H2,1H3. The van der Waals surface area contributed by atoms with E-state index in [4.69, 9.17) is 0 Å². The molecule has 1 N–H and O–H groups in total. The fourth-order valence-electron chi connectivity index (χ4n) is 2.43. The molecule has 0 radical (unpaired) electrons. The topological polar surface area (TPSA) is 12.0 Å². The zero-order valence-electron chi connectivity index (χ0n) is 12.3. The number of hydrogen-bond donors (Lipinski definition) is 1. The van der Waals surface area contributed by atoms with Gasteiger partial charge in [0.25, 0.3) is 0 Å². The van der Waals surface area contributed by atoms with E-state index in [9.17, 15) is 8.78 Å². The molecule has 21 heavy (non-hydrogen) atoms. The number of rotatable bonds is 7. The highest BCUT2D eigenvalue weighted by Crippen LogP contribution is 2.23. The first-order valence-electron chi connectivity index (χ1n) is 7.43. The molecule has 112 valence electrons. The van der Waals surface area contributed by atoms with E-state index < -0.39 is 11.6 Å². The van der Waals surface area contributed by atoms with Gasteiger partial charge < -0.3 is 5.32 Å². The third-order valence-corrected chi connectivity index (χ3v) is 3.54. The first-order valence-corrected chi connectivity index (χ1v) is 7.43. The molecule has 0 bridgehead atoms. The number of nitrogens with one attached hydrogen (secondary N) is 1. The predicted molar refractivity (Wildman–Crippen MR) is 82.2 cm³/mol. The Bertz CT molecular complexity index is 554. The molecule has 2 aromatic carbocycles. The van der Waals surface area contributed by atoms with Crippen molar-refractivity contribution in [3.8, 4) is 0 Å². The molecule has 0 saturated heterocycles. The summed E-state index contributed by atoms with van der Waals surface area (Å²) in [5.41, 5.74) is 1.77. The Kier molecular flexibility index (Phi) is 5.88. The van der Waals surface area contributed by atoms with Crippen LogP contribution in [0.2, 0.25) is 0 Å². The Labute approximate surface area is 125 Å².